The van der Waals surface area contributed by atoms with Crippen LogP contribution in [0.5, 0.6) is 0 Å². The maximum absolute atomic E-state index is 12.4. The Hall–Kier alpha value is -0.360. The quantitative estimate of drug-likeness (QED) is 0.276. The lowest BCUT2D eigenvalue weighted by atomic mass is 10.1. The average Bonchev–Trinajstić information content (AvgIpc) is 1.88. The molecule has 0 bridgehead atoms. The first kappa shape index (κ1) is 9.64. The molecule has 0 aromatic heterocycles. The highest BCUT2D eigenvalue weighted by molar-refractivity contribution is 4.84. The first-order valence-corrected chi connectivity index (χ1v) is 2.48. The average molecular weight is 160 g/mol. The summed E-state index contributed by atoms with van der Waals surface area (Å²) in [6, 6.07) is 0. The lowest BCUT2D eigenvalue weighted by Gasteiger charge is -2.26. The number of rotatable bonds is 3. The van der Waals surface area contributed by atoms with Gasteiger partial charge in [0, 0.05) is 0 Å². The fourth-order valence-electron chi connectivity index (χ4n) is 0.231. The molecule has 0 rings (SSSR count). The molecule has 62 valence electrons. The topological polar surface area (TPSA) is 38.0 Å². The molecule has 2 nitrogen and oxygen atoms in total. The standard InChI is InChI=1S/C4H8F4N2/c1-3(6,10-9)4(7,8)2-5/h10H,2,9H2,1H3. The molecule has 0 aromatic rings. The van der Waals surface area contributed by atoms with Crippen molar-refractivity contribution in [3.05, 3.63) is 0 Å². The molecule has 0 aliphatic heterocycles. The van der Waals surface area contributed by atoms with Crippen molar-refractivity contribution < 1.29 is 17.6 Å². The van der Waals surface area contributed by atoms with Crippen molar-refractivity contribution in [2.75, 3.05) is 6.67 Å². The van der Waals surface area contributed by atoms with Crippen molar-refractivity contribution in [2.45, 2.75) is 18.6 Å². The van der Waals surface area contributed by atoms with E-state index in [0.29, 0.717) is 6.92 Å². The number of hydrazine groups is 1. The van der Waals surface area contributed by atoms with Gasteiger partial charge in [0.25, 0.3) is 0 Å². The van der Waals surface area contributed by atoms with Gasteiger partial charge in [-0.2, -0.15) is 8.78 Å². The zero-order valence-electron chi connectivity index (χ0n) is 5.30. The van der Waals surface area contributed by atoms with Gasteiger partial charge in [0.2, 0.25) is 5.79 Å². The molecule has 0 radical (unpaired) electrons. The van der Waals surface area contributed by atoms with Gasteiger partial charge in [0.1, 0.15) is 0 Å². The van der Waals surface area contributed by atoms with E-state index in [4.69, 9.17) is 0 Å². The molecule has 10 heavy (non-hydrogen) atoms. The zero-order valence-corrected chi connectivity index (χ0v) is 5.30. The predicted octanol–water partition coefficient (Wildman–Crippen LogP) is 0.740. The largest absolute Gasteiger partial charge is 0.323 e. The van der Waals surface area contributed by atoms with Gasteiger partial charge in [0.15, 0.2) is 6.67 Å². The summed E-state index contributed by atoms with van der Waals surface area (Å²) in [5, 5.41) is 0. The molecular weight excluding hydrogens is 152 g/mol. The van der Waals surface area contributed by atoms with E-state index in [0.717, 1.165) is 0 Å². The third-order valence-corrected chi connectivity index (χ3v) is 1.13. The third kappa shape index (κ3) is 1.57. The molecule has 0 saturated carbocycles. The number of hydrogen-bond acceptors (Lipinski definition) is 2. The minimum absolute atomic E-state index is 0.465. The number of halogens is 4. The van der Waals surface area contributed by atoms with E-state index in [-0.39, 0.29) is 0 Å². The van der Waals surface area contributed by atoms with E-state index >= 15 is 0 Å². The van der Waals surface area contributed by atoms with Crippen LogP contribution >= 0.6 is 0 Å². The molecule has 3 N–H and O–H groups in total. The first-order valence-electron chi connectivity index (χ1n) is 2.48. The van der Waals surface area contributed by atoms with Gasteiger partial charge >= 0.3 is 5.92 Å². The molecule has 0 fully saturated rings. The van der Waals surface area contributed by atoms with E-state index in [2.05, 4.69) is 5.84 Å². The van der Waals surface area contributed by atoms with Crippen LogP contribution in [-0.4, -0.2) is 18.4 Å². The molecule has 1 atom stereocenters. The molecule has 0 aliphatic rings. The maximum Gasteiger partial charge on any atom is 0.323 e. The summed E-state index contributed by atoms with van der Waals surface area (Å²) < 4.78 is 47.8. The van der Waals surface area contributed by atoms with Gasteiger partial charge in [-0.1, -0.05) is 0 Å². The number of alkyl halides is 4. The van der Waals surface area contributed by atoms with Crippen LogP contribution < -0.4 is 11.3 Å². The fourth-order valence-corrected chi connectivity index (χ4v) is 0.231. The second-order valence-electron chi connectivity index (χ2n) is 1.99. The van der Waals surface area contributed by atoms with Crippen molar-refractivity contribution in [3.63, 3.8) is 0 Å². The van der Waals surface area contributed by atoms with Gasteiger partial charge in [-0.15, -0.1) is 0 Å². The summed E-state index contributed by atoms with van der Waals surface area (Å²) >= 11 is 0. The summed E-state index contributed by atoms with van der Waals surface area (Å²) in [5.74, 6) is -2.88. The molecule has 0 spiro atoms. The summed E-state index contributed by atoms with van der Waals surface area (Å²) in [5.41, 5.74) is 1.18. The Bertz CT molecular complexity index is 99.8. The Morgan fingerprint density at radius 2 is 1.80 bits per heavy atom. The van der Waals surface area contributed by atoms with Crippen LogP contribution in [0.1, 0.15) is 6.92 Å². The lowest BCUT2D eigenvalue weighted by molar-refractivity contribution is -0.155. The van der Waals surface area contributed by atoms with Crippen LogP contribution in [0, 0.1) is 0 Å². The summed E-state index contributed by atoms with van der Waals surface area (Å²) in [4.78, 5) is 0. The minimum Gasteiger partial charge on any atom is -0.269 e. The molecule has 0 aliphatic carbocycles. The lowest BCUT2D eigenvalue weighted by Crippen LogP contribution is -2.57. The van der Waals surface area contributed by atoms with Crippen molar-refractivity contribution in [2.24, 2.45) is 5.84 Å². The minimum atomic E-state index is -4.08. The second-order valence-corrected chi connectivity index (χ2v) is 1.99. The first-order chi connectivity index (χ1) is 4.37. The monoisotopic (exact) mass is 160 g/mol. The van der Waals surface area contributed by atoms with Gasteiger partial charge < -0.3 is 0 Å². The van der Waals surface area contributed by atoms with Crippen LogP contribution in [-0.2, 0) is 0 Å². The van der Waals surface area contributed by atoms with Gasteiger partial charge in [-0.25, -0.2) is 14.2 Å². The van der Waals surface area contributed by atoms with E-state index in [1.54, 1.807) is 0 Å². The van der Waals surface area contributed by atoms with E-state index in [1.807, 2.05) is 0 Å². The van der Waals surface area contributed by atoms with Crippen molar-refractivity contribution >= 4 is 0 Å². The van der Waals surface area contributed by atoms with Crippen LogP contribution in [0.3, 0.4) is 0 Å². The molecule has 0 heterocycles. The number of nitrogens with two attached hydrogens (primary N) is 1. The fraction of sp³-hybridized carbons (Fsp3) is 1.00. The van der Waals surface area contributed by atoms with E-state index < -0.39 is 18.4 Å². The molecular formula is C4H8F4N2. The smallest absolute Gasteiger partial charge is 0.269 e. The summed E-state index contributed by atoms with van der Waals surface area (Å²) in [6.45, 7) is -1.61. The van der Waals surface area contributed by atoms with Crippen LogP contribution in [0.2, 0.25) is 0 Å². The predicted molar refractivity (Wildman–Crippen MR) is 27.8 cm³/mol. The highest BCUT2D eigenvalue weighted by atomic mass is 19.3. The SMILES string of the molecule is CC(F)(NN)C(F)(F)CF. The second kappa shape index (κ2) is 2.71. The normalized spacial score (nSPS) is 18.6. The molecule has 6 heteroatoms. The van der Waals surface area contributed by atoms with Crippen LogP contribution in [0.15, 0.2) is 0 Å². The Kier molecular flexibility index (Phi) is 2.61. The molecule has 0 amide bonds. The number of nitrogens with one attached hydrogen (secondary N) is 1. The summed E-state index contributed by atoms with van der Waals surface area (Å²) in [6.07, 6.45) is 0. The maximum atomic E-state index is 12.4. The van der Waals surface area contributed by atoms with Gasteiger partial charge in [-0.05, 0) is 6.92 Å². The number of hydrogen-bond donors (Lipinski definition) is 2. The van der Waals surface area contributed by atoms with E-state index in [9.17, 15) is 17.6 Å². The third-order valence-electron chi connectivity index (χ3n) is 1.13. The van der Waals surface area contributed by atoms with Crippen molar-refractivity contribution in [1.82, 2.24) is 5.43 Å². The molecule has 1 unspecified atom stereocenters. The zero-order chi connectivity index (χ0) is 8.41. The van der Waals surface area contributed by atoms with Gasteiger partial charge in [-0.3, -0.25) is 5.84 Å². The van der Waals surface area contributed by atoms with Crippen molar-refractivity contribution in [1.29, 1.82) is 0 Å². The Morgan fingerprint density at radius 1 is 1.40 bits per heavy atom. The highest BCUT2D eigenvalue weighted by Gasteiger charge is 2.50. The Labute approximate surface area is 55.4 Å². The van der Waals surface area contributed by atoms with Crippen LogP contribution in [0.25, 0.3) is 0 Å². The summed E-state index contributed by atoms with van der Waals surface area (Å²) in [7, 11) is 0. The molecule has 0 saturated heterocycles. The van der Waals surface area contributed by atoms with E-state index in [1.165, 1.54) is 5.43 Å². The Morgan fingerprint density at radius 3 is 1.90 bits per heavy atom. The molecule has 0 aromatic carbocycles. The highest BCUT2D eigenvalue weighted by Crippen LogP contribution is 2.29. The van der Waals surface area contributed by atoms with Gasteiger partial charge in [0.05, 0.1) is 0 Å². The Balaban J connectivity index is 4.28. The van der Waals surface area contributed by atoms with Crippen LogP contribution in [0.4, 0.5) is 17.6 Å². The van der Waals surface area contributed by atoms with Crippen molar-refractivity contribution in [3.8, 4) is 0 Å².